The fraction of sp³-hybridized carbons (Fsp3) is 0.467. The number of aromatic nitrogens is 3. The standard InChI is InChI=1S/C15H18N4O3/c1-11-14(18-10-22-11)15(20)19-6-7-21-9-13(19)3-2-12-8-16-4-5-17-12/h4-5,8,10,13H,2-3,6-7,9H2,1H3. The van der Waals surface area contributed by atoms with E-state index in [9.17, 15) is 4.79 Å². The molecule has 116 valence electrons. The molecule has 0 N–H and O–H groups in total. The van der Waals surface area contributed by atoms with Crippen LogP contribution in [0.4, 0.5) is 0 Å². The van der Waals surface area contributed by atoms with Crippen molar-refractivity contribution < 1.29 is 13.9 Å². The minimum Gasteiger partial charge on any atom is -0.448 e. The molecule has 0 aliphatic carbocycles. The highest BCUT2D eigenvalue weighted by atomic mass is 16.5. The molecule has 0 aromatic carbocycles. The normalized spacial score (nSPS) is 18.4. The van der Waals surface area contributed by atoms with Crippen LogP contribution in [-0.2, 0) is 11.2 Å². The third-order valence-electron chi connectivity index (χ3n) is 3.79. The van der Waals surface area contributed by atoms with Gasteiger partial charge in [0.2, 0.25) is 0 Å². The van der Waals surface area contributed by atoms with Crippen molar-refractivity contribution in [3.8, 4) is 0 Å². The summed E-state index contributed by atoms with van der Waals surface area (Å²) in [6, 6.07) is 0.0133. The zero-order valence-corrected chi connectivity index (χ0v) is 12.4. The van der Waals surface area contributed by atoms with Gasteiger partial charge < -0.3 is 14.1 Å². The molecule has 0 radical (unpaired) electrons. The molecule has 0 bridgehead atoms. The van der Waals surface area contributed by atoms with E-state index in [1.165, 1.54) is 6.39 Å². The van der Waals surface area contributed by atoms with Crippen molar-refractivity contribution in [2.45, 2.75) is 25.8 Å². The fourth-order valence-corrected chi connectivity index (χ4v) is 2.58. The minimum atomic E-state index is -0.0984. The quantitative estimate of drug-likeness (QED) is 0.845. The summed E-state index contributed by atoms with van der Waals surface area (Å²) in [5, 5.41) is 0. The molecule has 2 aromatic heterocycles. The number of rotatable bonds is 4. The second-order valence-corrected chi connectivity index (χ2v) is 5.22. The first-order valence-electron chi connectivity index (χ1n) is 7.29. The summed E-state index contributed by atoms with van der Waals surface area (Å²) in [5.41, 5.74) is 1.30. The lowest BCUT2D eigenvalue weighted by Gasteiger charge is -2.35. The van der Waals surface area contributed by atoms with E-state index in [1.807, 2.05) is 4.90 Å². The highest BCUT2D eigenvalue weighted by molar-refractivity contribution is 5.93. The molecular formula is C15H18N4O3. The van der Waals surface area contributed by atoms with Crippen LogP contribution >= 0.6 is 0 Å². The third-order valence-corrected chi connectivity index (χ3v) is 3.79. The van der Waals surface area contributed by atoms with Crippen molar-refractivity contribution >= 4 is 5.91 Å². The lowest BCUT2D eigenvalue weighted by Crippen LogP contribution is -2.49. The fourth-order valence-electron chi connectivity index (χ4n) is 2.58. The first kappa shape index (κ1) is 14.6. The van der Waals surface area contributed by atoms with E-state index in [0.29, 0.717) is 31.2 Å². The molecular weight excluding hydrogens is 284 g/mol. The van der Waals surface area contributed by atoms with Gasteiger partial charge in [0.05, 0.1) is 24.9 Å². The largest absolute Gasteiger partial charge is 0.448 e. The summed E-state index contributed by atoms with van der Waals surface area (Å²) in [5.74, 6) is 0.447. The average Bonchev–Trinajstić information content (AvgIpc) is 2.99. The van der Waals surface area contributed by atoms with Gasteiger partial charge in [-0.25, -0.2) is 4.98 Å². The lowest BCUT2D eigenvalue weighted by atomic mass is 10.1. The van der Waals surface area contributed by atoms with Crippen LogP contribution < -0.4 is 0 Å². The maximum Gasteiger partial charge on any atom is 0.276 e. The van der Waals surface area contributed by atoms with Crippen LogP contribution in [0.3, 0.4) is 0 Å². The SMILES string of the molecule is Cc1ocnc1C(=O)N1CCOCC1CCc1cnccn1. The van der Waals surface area contributed by atoms with Gasteiger partial charge >= 0.3 is 0 Å². The number of carbonyl (C=O) groups is 1. The van der Waals surface area contributed by atoms with Crippen LogP contribution in [0.25, 0.3) is 0 Å². The Morgan fingerprint density at radius 1 is 1.41 bits per heavy atom. The van der Waals surface area contributed by atoms with Crippen molar-refractivity contribution in [2.75, 3.05) is 19.8 Å². The molecule has 1 unspecified atom stereocenters. The number of ether oxygens (including phenoxy) is 1. The van der Waals surface area contributed by atoms with Crippen LogP contribution in [0.5, 0.6) is 0 Å². The maximum absolute atomic E-state index is 12.6. The third kappa shape index (κ3) is 3.14. The van der Waals surface area contributed by atoms with Crippen LogP contribution in [0.2, 0.25) is 0 Å². The summed E-state index contributed by atoms with van der Waals surface area (Å²) in [7, 11) is 0. The molecule has 1 atom stereocenters. The second-order valence-electron chi connectivity index (χ2n) is 5.22. The molecule has 1 aliphatic rings. The van der Waals surface area contributed by atoms with Crippen LogP contribution in [-0.4, -0.2) is 51.6 Å². The Bertz CT molecular complexity index is 629. The van der Waals surface area contributed by atoms with Crippen molar-refractivity contribution in [3.63, 3.8) is 0 Å². The number of aryl methyl sites for hydroxylation is 2. The zero-order chi connectivity index (χ0) is 15.4. The Morgan fingerprint density at radius 3 is 3.05 bits per heavy atom. The highest BCUT2D eigenvalue weighted by Crippen LogP contribution is 2.17. The number of morpholine rings is 1. The molecule has 1 saturated heterocycles. The van der Waals surface area contributed by atoms with Gasteiger partial charge in [-0.3, -0.25) is 14.8 Å². The minimum absolute atomic E-state index is 0.0133. The molecule has 3 rings (SSSR count). The summed E-state index contributed by atoms with van der Waals surface area (Å²) in [6.07, 6.45) is 7.91. The van der Waals surface area contributed by atoms with Gasteiger partial charge in [0.25, 0.3) is 5.91 Å². The van der Waals surface area contributed by atoms with Gasteiger partial charge in [-0.05, 0) is 19.8 Å². The molecule has 22 heavy (non-hydrogen) atoms. The number of hydrogen-bond donors (Lipinski definition) is 0. The molecule has 7 heteroatoms. The first-order chi connectivity index (χ1) is 10.8. The highest BCUT2D eigenvalue weighted by Gasteiger charge is 2.30. The maximum atomic E-state index is 12.6. The monoisotopic (exact) mass is 302 g/mol. The topological polar surface area (TPSA) is 81.4 Å². The average molecular weight is 302 g/mol. The van der Waals surface area contributed by atoms with E-state index in [1.54, 1.807) is 25.5 Å². The first-order valence-corrected chi connectivity index (χ1v) is 7.29. The number of nitrogens with zero attached hydrogens (tertiary/aromatic N) is 4. The number of amides is 1. The summed E-state index contributed by atoms with van der Waals surface area (Å²) in [4.78, 5) is 26.8. The van der Waals surface area contributed by atoms with Crippen LogP contribution in [0.15, 0.2) is 29.4 Å². The Balaban J connectivity index is 1.69. The Hall–Kier alpha value is -2.28. The number of hydrogen-bond acceptors (Lipinski definition) is 6. The van der Waals surface area contributed by atoms with E-state index < -0.39 is 0 Å². The van der Waals surface area contributed by atoms with E-state index in [0.717, 1.165) is 18.5 Å². The van der Waals surface area contributed by atoms with Gasteiger partial charge in [0.1, 0.15) is 5.76 Å². The molecule has 1 aliphatic heterocycles. The molecule has 1 fully saturated rings. The van der Waals surface area contributed by atoms with Gasteiger partial charge in [0.15, 0.2) is 12.1 Å². The van der Waals surface area contributed by atoms with E-state index in [2.05, 4.69) is 15.0 Å². The zero-order valence-electron chi connectivity index (χ0n) is 12.4. The van der Waals surface area contributed by atoms with Crippen LogP contribution in [0.1, 0.15) is 28.4 Å². The molecule has 2 aromatic rings. The van der Waals surface area contributed by atoms with E-state index in [-0.39, 0.29) is 11.9 Å². The predicted molar refractivity (Wildman–Crippen MR) is 77.2 cm³/mol. The summed E-state index contributed by atoms with van der Waals surface area (Å²) >= 11 is 0. The molecule has 1 amide bonds. The predicted octanol–water partition coefficient (Wildman–Crippen LogP) is 1.25. The Kier molecular flexibility index (Phi) is 4.43. The van der Waals surface area contributed by atoms with Gasteiger partial charge in [-0.1, -0.05) is 0 Å². The molecule has 7 nitrogen and oxygen atoms in total. The van der Waals surface area contributed by atoms with Gasteiger partial charge in [-0.2, -0.15) is 0 Å². The molecule has 3 heterocycles. The second kappa shape index (κ2) is 6.65. The summed E-state index contributed by atoms with van der Waals surface area (Å²) in [6.45, 7) is 3.39. The van der Waals surface area contributed by atoms with Gasteiger partial charge in [-0.15, -0.1) is 0 Å². The molecule has 0 saturated carbocycles. The Labute approximate surface area is 128 Å². The van der Waals surface area contributed by atoms with Crippen molar-refractivity contribution in [3.05, 3.63) is 42.1 Å². The number of carbonyl (C=O) groups excluding carboxylic acids is 1. The van der Waals surface area contributed by atoms with Crippen molar-refractivity contribution in [1.82, 2.24) is 19.9 Å². The smallest absolute Gasteiger partial charge is 0.276 e. The van der Waals surface area contributed by atoms with Crippen molar-refractivity contribution in [1.29, 1.82) is 0 Å². The van der Waals surface area contributed by atoms with Gasteiger partial charge in [0, 0.05) is 25.1 Å². The number of oxazole rings is 1. The molecule has 0 spiro atoms. The lowest BCUT2D eigenvalue weighted by molar-refractivity contribution is -0.00449. The van der Waals surface area contributed by atoms with E-state index >= 15 is 0 Å². The van der Waals surface area contributed by atoms with Crippen LogP contribution in [0, 0.1) is 6.92 Å². The van der Waals surface area contributed by atoms with E-state index in [4.69, 9.17) is 9.15 Å². The summed E-state index contributed by atoms with van der Waals surface area (Å²) < 4.78 is 10.7. The van der Waals surface area contributed by atoms with Crippen molar-refractivity contribution in [2.24, 2.45) is 0 Å². The Morgan fingerprint density at radius 2 is 2.32 bits per heavy atom.